The van der Waals surface area contributed by atoms with E-state index >= 15 is 0 Å². The molecule has 94 valence electrons. The summed E-state index contributed by atoms with van der Waals surface area (Å²) in [7, 11) is 0. The molecular weight excluding hydrogens is 212 g/mol. The van der Waals surface area contributed by atoms with Gasteiger partial charge in [0.2, 0.25) is 0 Å². The third kappa shape index (κ3) is 2.97. The molecule has 3 heteroatoms. The minimum Gasteiger partial charge on any atom is -0.389 e. The lowest BCUT2D eigenvalue weighted by Crippen LogP contribution is -2.25. The van der Waals surface area contributed by atoms with Crippen molar-refractivity contribution in [2.75, 3.05) is 18.0 Å². The minimum atomic E-state index is -0.430. The SMILES string of the molecule is Cc1cc(N2CCCCCC2)ncc1[C@H](C)O. The van der Waals surface area contributed by atoms with Crippen molar-refractivity contribution in [2.45, 2.75) is 45.6 Å². The van der Waals surface area contributed by atoms with Gasteiger partial charge in [-0.05, 0) is 38.3 Å². The monoisotopic (exact) mass is 234 g/mol. The number of aliphatic hydroxyl groups is 1. The summed E-state index contributed by atoms with van der Waals surface area (Å²) < 4.78 is 0. The van der Waals surface area contributed by atoms with E-state index in [1.165, 1.54) is 25.7 Å². The lowest BCUT2D eigenvalue weighted by Gasteiger charge is -2.22. The number of anilines is 1. The van der Waals surface area contributed by atoms with E-state index in [0.717, 1.165) is 30.0 Å². The zero-order valence-corrected chi connectivity index (χ0v) is 10.8. The molecule has 17 heavy (non-hydrogen) atoms. The Morgan fingerprint density at radius 3 is 2.41 bits per heavy atom. The average molecular weight is 234 g/mol. The van der Waals surface area contributed by atoms with Gasteiger partial charge in [-0.25, -0.2) is 4.98 Å². The van der Waals surface area contributed by atoms with Gasteiger partial charge in [-0.3, -0.25) is 0 Å². The molecule has 0 saturated carbocycles. The molecule has 1 aromatic heterocycles. The summed E-state index contributed by atoms with van der Waals surface area (Å²) in [6.07, 6.45) is 6.58. The molecule has 1 aliphatic heterocycles. The molecule has 1 fully saturated rings. The normalized spacial score (nSPS) is 18.9. The highest BCUT2D eigenvalue weighted by molar-refractivity contribution is 5.43. The summed E-state index contributed by atoms with van der Waals surface area (Å²) in [5.41, 5.74) is 2.07. The Bertz CT molecular complexity index is 368. The van der Waals surface area contributed by atoms with Crippen LogP contribution in [0.3, 0.4) is 0 Å². The van der Waals surface area contributed by atoms with Gasteiger partial charge in [0.05, 0.1) is 6.10 Å². The summed E-state index contributed by atoms with van der Waals surface area (Å²) in [4.78, 5) is 6.86. The molecule has 0 unspecified atom stereocenters. The largest absolute Gasteiger partial charge is 0.389 e. The quantitative estimate of drug-likeness (QED) is 0.854. The van der Waals surface area contributed by atoms with E-state index in [2.05, 4.69) is 16.0 Å². The standard InChI is InChI=1S/C14H22N2O/c1-11-9-14(15-10-13(11)12(2)17)16-7-5-3-4-6-8-16/h9-10,12,17H,3-8H2,1-2H3/t12-/m0/s1. The van der Waals surface area contributed by atoms with E-state index in [1.807, 2.05) is 13.1 Å². The number of aliphatic hydroxyl groups excluding tert-OH is 1. The third-order valence-electron chi connectivity index (χ3n) is 3.52. The van der Waals surface area contributed by atoms with Crippen molar-refractivity contribution in [3.8, 4) is 0 Å². The molecule has 3 nitrogen and oxygen atoms in total. The molecule has 0 aliphatic carbocycles. The van der Waals surface area contributed by atoms with Crippen LogP contribution in [-0.2, 0) is 0 Å². The third-order valence-corrected chi connectivity index (χ3v) is 3.52. The van der Waals surface area contributed by atoms with Crippen molar-refractivity contribution in [1.29, 1.82) is 0 Å². The first-order valence-electron chi connectivity index (χ1n) is 6.58. The van der Waals surface area contributed by atoms with E-state index in [9.17, 15) is 5.11 Å². The fourth-order valence-corrected chi connectivity index (χ4v) is 2.46. The maximum Gasteiger partial charge on any atom is 0.128 e. The van der Waals surface area contributed by atoms with E-state index in [-0.39, 0.29) is 0 Å². The van der Waals surface area contributed by atoms with Crippen molar-refractivity contribution in [1.82, 2.24) is 4.98 Å². The van der Waals surface area contributed by atoms with Gasteiger partial charge in [-0.1, -0.05) is 12.8 Å². The van der Waals surface area contributed by atoms with Crippen LogP contribution in [0, 0.1) is 6.92 Å². The molecule has 0 bridgehead atoms. The summed E-state index contributed by atoms with van der Waals surface area (Å²) in [6, 6.07) is 2.10. The predicted molar refractivity (Wildman–Crippen MR) is 70.3 cm³/mol. The summed E-state index contributed by atoms with van der Waals surface area (Å²) in [5, 5.41) is 9.60. The second kappa shape index (κ2) is 5.50. The van der Waals surface area contributed by atoms with Crippen LogP contribution < -0.4 is 4.90 Å². The number of aromatic nitrogens is 1. The van der Waals surface area contributed by atoms with Gasteiger partial charge in [-0.15, -0.1) is 0 Å². The molecular formula is C14H22N2O. The molecule has 2 rings (SSSR count). The Balaban J connectivity index is 2.18. The first-order chi connectivity index (χ1) is 8.18. The molecule has 1 N–H and O–H groups in total. The van der Waals surface area contributed by atoms with Crippen LogP contribution >= 0.6 is 0 Å². The molecule has 2 heterocycles. The molecule has 0 radical (unpaired) electrons. The first-order valence-corrected chi connectivity index (χ1v) is 6.58. The van der Waals surface area contributed by atoms with Crippen LogP contribution in [0.2, 0.25) is 0 Å². The second-order valence-electron chi connectivity index (χ2n) is 4.98. The van der Waals surface area contributed by atoms with E-state index in [1.54, 1.807) is 6.92 Å². The molecule has 1 atom stereocenters. The van der Waals surface area contributed by atoms with Crippen LogP contribution in [-0.4, -0.2) is 23.2 Å². The average Bonchev–Trinajstić information content (AvgIpc) is 2.56. The molecule has 1 aromatic rings. The Hall–Kier alpha value is -1.09. The number of rotatable bonds is 2. The highest BCUT2D eigenvalue weighted by Crippen LogP contribution is 2.22. The van der Waals surface area contributed by atoms with Crippen molar-refractivity contribution in [3.05, 3.63) is 23.4 Å². The molecule has 1 aliphatic rings. The summed E-state index contributed by atoms with van der Waals surface area (Å²) in [6.45, 7) is 6.06. The van der Waals surface area contributed by atoms with E-state index in [0.29, 0.717) is 0 Å². The van der Waals surface area contributed by atoms with Crippen molar-refractivity contribution >= 4 is 5.82 Å². The Labute approximate surface area is 103 Å². The highest BCUT2D eigenvalue weighted by Gasteiger charge is 2.13. The molecule has 1 saturated heterocycles. The second-order valence-corrected chi connectivity index (χ2v) is 4.98. The number of pyridine rings is 1. The van der Waals surface area contributed by atoms with Crippen LogP contribution in [0.15, 0.2) is 12.3 Å². The summed E-state index contributed by atoms with van der Waals surface area (Å²) >= 11 is 0. The van der Waals surface area contributed by atoms with Gasteiger partial charge in [0, 0.05) is 24.8 Å². The van der Waals surface area contributed by atoms with Gasteiger partial charge in [0.25, 0.3) is 0 Å². The topological polar surface area (TPSA) is 36.4 Å². The van der Waals surface area contributed by atoms with E-state index in [4.69, 9.17) is 0 Å². The van der Waals surface area contributed by atoms with Crippen LogP contribution in [0.25, 0.3) is 0 Å². The minimum absolute atomic E-state index is 0.430. The van der Waals surface area contributed by atoms with Gasteiger partial charge in [0.15, 0.2) is 0 Å². The highest BCUT2D eigenvalue weighted by atomic mass is 16.3. The zero-order chi connectivity index (χ0) is 12.3. The first kappa shape index (κ1) is 12.4. The van der Waals surface area contributed by atoms with Crippen molar-refractivity contribution in [2.24, 2.45) is 0 Å². The van der Waals surface area contributed by atoms with Crippen molar-refractivity contribution < 1.29 is 5.11 Å². The van der Waals surface area contributed by atoms with Crippen LogP contribution in [0.1, 0.15) is 49.8 Å². The van der Waals surface area contributed by atoms with Crippen LogP contribution in [0.4, 0.5) is 5.82 Å². The maximum absolute atomic E-state index is 9.60. The fraction of sp³-hybridized carbons (Fsp3) is 0.643. The Kier molecular flexibility index (Phi) is 4.00. The number of hydrogen-bond acceptors (Lipinski definition) is 3. The van der Waals surface area contributed by atoms with Gasteiger partial charge in [-0.2, -0.15) is 0 Å². The predicted octanol–water partition coefficient (Wildman–Crippen LogP) is 2.82. The fourth-order valence-electron chi connectivity index (χ4n) is 2.46. The Morgan fingerprint density at radius 2 is 1.88 bits per heavy atom. The number of aryl methyl sites for hydroxylation is 1. The zero-order valence-electron chi connectivity index (χ0n) is 10.8. The van der Waals surface area contributed by atoms with E-state index < -0.39 is 6.10 Å². The maximum atomic E-state index is 9.60. The van der Waals surface area contributed by atoms with Gasteiger partial charge in [0.1, 0.15) is 5.82 Å². The molecule has 0 spiro atoms. The number of nitrogens with zero attached hydrogens (tertiary/aromatic N) is 2. The lowest BCUT2D eigenvalue weighted by molar-refractivity contribution is 0.198. The van der Waals surface area contributed by atoms with Crippen LogP contribution in [0.5, 0.6) is 0 Å². The molecule has 0 aromatic carbocycles. The lowest BCUT2D eigenvalue weighted by atomic mass is 10.1. The number of hydrogen-bond donors (Lipinski definition) is 1. The van der Waals surface area contributed by atoms with Gasteiger partial charge >= 0.3 is 0 Å². The molecule has 0 amide bonds. The van der Waals surface area contributed by atoms with Gasteiger partial charge < -0.3 is 10.0 Å². The Morgan fingerprint density at radius 1 is 1.24 bits per heavy atom. The van der Waals surface area contributed by atoms with Crippen molar-refractivity contribution in [3.63, 3.8) is 0 Å². The summed E-state index contributed by atoms with van der Waals surface area (Å²) in [5.74, 6) is 1.06. The smallest absolute Gasteiger partial charge is 0.128 e.